The van der Waals surface area contributed by atoms with Gasteiger partial charge in [-0.1, -0.05) is 18.2 Å². The molecule has 1 fully saturated rings. The van der Waals surface area contributed by atoms with E-state index in [1.807, 2.05) is 0 Å². The van der Waals surface area contributed by atoms with Crippen LogP contribution in [-0.2, 0) is 17.5 Å². The van der Waals surface area contributed by atoms with E-state index in [2.05, 4.69) is 4.98 Å². The lowest BCUT2D eigenvalue weighted by Gasteiger charge is -2.24. The summed E-state index contributed by atoms with van der Waals surface area (Å²) in [6, 6.07) is 16.5. The molecule has 0 spiro atoms. The molecule has 1 amide bonds. The van der Waals surface area contributed by atoms with Gasteiger partial charge in [-0.15, -0.1) is 0 Å². The quantitative estimate of drug-likeness (QED) is 0.245. The van der Waals surface area contributed by atoms with Crippen molar-refractivity contribution >= 4 is 12.1 Å². The van der Waals surface area contributed by atoms with E-state index in [4.69, 9.17) is 9.47 Å². The van der Waals surface area contributed by atoms with Gasteiger partial charge in [-0.05, 0) is 95.8 Å². The molecule has 1 saturated heterocycles. The Kier molecular flexibility index (Phi) is 7.64. The zero-order valence-corrected chi connectivity index (χ0v) is 23.0. The number of rotatable bonds is 7. The molecule has 0 unspecified atom stereocenters. The maximum atomic E-state index is 13.8. The molecule has 216 valence electrons. The zero-order valence-electron chi connectivity index (χ0n) is 23.0. The number of halogens is 3. The number of carboxylic acids is 1. The molecule has 5 rings (SSSR count). The van der Waals surface area contributed by atoms with Gasteiger partial charge in [0.2, 0.25) is 0 Å². The number of hydrogen-bond donors (Lipinski definition) is 1. The lowest BCUT2D eigenvalue weighted by Crippen LogP contribution is -2.31. The Morgan fingerprint density at radius 1 is 1.00 bits per heavy atom. The molecule has 42 heavy (non-hydrogen) atoms. The van der Waals surface area contributed by atoms with Gasteiger partial charge in [-0.2, -0.15) is 13.2 Å². The molecule has 0 radical (unpaired) electrons. The minimum atomic E-state index is -4.60. The maximum Gasteiger partial charge on any atom is 0.416 e. The molecule has 7 nitrogen and oxygen atoms in total. The number of methoxy groups -OCH3 is 1. The number of nitrogens with zero attached hydrogens (tertiary/aromatic N) is 2. The molecule has 2 heterocycles. The highest BCUT2D eigenvalue weighted by Crippen LogP contribution is 2.41. The molecule has 0 bridgehead atoms. The summed E-state index contributed by atoms with van der Waals surface area (Å²) < 4.78 is 52.7. The third kappa shape index (κ3) is 5.52. The standard InChI is InChI=1S/C32H27F3N2O5/c1-18-14-22(30(38)39)4-7-25(18)21-5-9-28(41-3)27(16-21)26-8-6-24(32(33,34)35)15-23(26)17-37-19(2)29(42-31(37)40)20-10-12-36-13-11-20/h4-16,19,29H,17H2,1-3H3,(H,38,39)/t19-,29-/m0/s1. The van der Waals surface area contributed by atoms with Crippen LogP contribution in [-0.4, -0.2) is 40.2 Å². The Bertz CT molecular complexity index is 1660. The number of ether oxygens (including phenoxy) is 2. The van der Waals surface area contributed by atoms with E-state index >= 15 is 0 Å². The van der Waals surface area contributed by atoms with Crippen molar-refractivity contribution in [1.82, 2.24) is 9.88 Å². The highest BCUT2D eigenvalue weighted by molar-refractivity contribution is 5.89. The fourth-order valence-corrected chi connectivity index (χ4v) is 5.27. The number of aryl methyl sites for hydroxylation is 1. The Morgan fingerprint density at radius 2 is 1.71 bits per heavy atom. The molecule has 3 aromatic carbocycles. The van der Waals surface area contributed by atoms with Gasteiger partial charge in [0.1, 0.15) is 11.9 Å². The van der Waals surface area contributed by atoms with E-state index in [0.29, 0.717) is 16.9 Å². The monoisotopic (exact) mass is 576 g/mol. The normalized spacial score (nSPS) is 16.8. The number of carboxylic acid groups (broad SMARTS) is 1. The Balaban J connectivity index is 1.60. The maximum absolute atomic E-state index is 13.8. The van der Waals surface area contributed by atoms with Crippen LogP contribution < -0.4 is 4.74 Å². The first-order chi connectivity index (χ1) is 20.0. The fraction of sp³-hybridized carbons (Fsp3) is 0.219. The number of pyridine rings is 1. The van der Waals surface area contributed by atoms with Crippen LogP contribution in [0.3, 0.4) is 0 Å². The molecule has 4 aromatic rings. The molecule has 2 atom stereocenters. The van der Waals surface area contributed by atoms with E-state index in [-0.39, 0.29) is 17.7 Å². The Labute approximate surface area is 240 Å². The summed E-state index contributed by atoms with van der Waals surface area (Å²) >= 11 is 0. The molecule has 1 aliphatic rings. The summed E-state index contributed by atoms with van der Waals surface area (Å²) in [4.78, 5) is 29.8. The molecular formula is C32H27F3N2O5. The van der Waals surface area contributed by atoms with Gasteiger partial charge in [-0.25, -0.2) is 9.59 Å². The minimum absolute atomic E-state index is 0.138. The van der Waals surface area contributed by atoms with Crippen molar-refractivity contribution in [2.75, 3.05) is 7.11 Å². The zero-order chi connectivity index (χ0) is 30.2. The lowest BCUT2D eigenvalue weighted by atomic mass is 9.91. The summed E-state index contributed by atoms with van der Waals surface area (Å²) in [5.74, 6) is -0.624. The third-order valence-corrected chi connectivity index (χ3v) is 7.47. The van der Waals surface area contributed by atoms with Crippen molar-refractivity contribution in [2.45, 2.75) is 38.7 Å². The fourth-order valence-electron chi connectivity index (χ4n) is 5.27. The Hall–Kier alpha value is -4.86. The van der Waals surface area contributed by atoms with Gasteiger partial charge >= 0.3 is 18.2 Å². The number of aromatic nitrogens is 1. The van der Waals surface area contributed by atoms with Gasteiger partial charge in [0, 0.05) is 18.0 Å². The molecule has 0 aliphatic carbocycles. The average molecular weight is 577 g/mol. The summed E-state index contributed by atoms with van der Waals surface area (Å²) in [6.07, 6.45) is -2.68. The van der Waals surface area contributed by atoms with Gasteiger partial charge in [0.25, 0.3) is 0 Å². The van der Waals surface area contributed by atoms with Crippen LogP contribution in [0, 0.1) is 6.92 Å². The molecule has 1 N–H and O–H groups in total. The van der Waals surface area contributed by atoms with Crippen molar-refractivity contribution in [3.05, 3.63) is 107 Å². The minimum Gasteiger partial charge on any atom is -0.496 e. The highest BCUT2D eigenvalue weighted by atomic mass is 19.4. The Morgan fingerprint density at radius 3 is 2.36 bits per heavy atom. The summed E-state index contributed by atoms with van der Waals surface area (Å²) in [5.41, 5.74) is 3.46. The second kappa shape index (κ2) is 11.2. The van der Waals surface area contributed by atoms with Crippen molar-refractivity contribution in [3.63, 3.8) is 0 Å². The SMILES string of the molecule is COc1ccc(-c2ccc(C(=O)O)cc2C)cc1-c1ccc(C(F)(F)F)cc1CN1C(=O)O[C@H](c2ccncc2)[C@@H]1C. The molecule has 10 heteroatoms. The summed E-state index contributed by atoms with van der Waals surface area (Å²) in [7, 11) is 1.47. The number of benzene rings is 3. The van der Waals surface area contributed by atoms with Crippen LogP contribution in [0.25, 0.3) is 22.3 Å². The lowest BCUT2D eigenvalue weighted by molar-refractivity contribution is -0.137. The smallest absolute Gasteiger partial charge is 0.416 e. The number of aromatic carboxylic acids is 1. The number of cyclic esters (lactones) is 1. The van der Waals surface area contributed by atoms with Crippen LogP contribution in [0.4, 0.5) is 18.0 Å². The first kappa shape index (κ1) is 28.7. The first-order valence-electron chi connectivity index (χ1n) is 13.1. The molecule has 0 saturated carbocycles. The van der Waals surface area contributed by atoms with E-state index in [0.717, 1.165) is 34.4 Å². The van der Waals surface area contributed by atoms with Gasteiger partial charge < -0.3 is 14.6 Å². The van der Waals surface area contributed by atoms with E-state index in [9.17, 15) is 27.9 Å². The van der Waals surface area contributed by atoms with Crippen LogP contribution >= 0.6 is 0 Å². The number of hydrogen-bond acceptors (Lipinski definition) is 5. The van der Waals surface area contributed by atoms with Crippen molar-refractivity contribution in [1.29, 1.82) is 0 Å². The second-order valence-corrected chi connectivity index (χ2v) is 10.1. The van der Waals surface area contributed by atoms with E-state index in [1.165, 1.54) is 24.1 Å². The number of alkyl halides is 3. The average Bonchev–Trinajstić information content (AvgIpc) is 3.25. The van der Waals surface area contributed by atoms with Crippen LogP contribution in [0.2, 0.25) is 0 Å². The number of carbonyl (C=O) groups is 2. The van der Waals surface area contributed by atoms with Crippen LogP contribution in [0.5, 0.6) is 5.75 Å². The van der Waals surface area contributed by atoms with Crippen LogP contribution in [0.15, 0.2) is 79.1 Å². The van der Waals surface area contributed by atoms with Gasteiger partial charge in [0.05, 0.1) is 30.8 Å². The summed E-state index contributed by atoms with van der Waals surface area (Å²) in [6.45, 7) is 3.43. The van der Waals surface area contributed by atoms with Crippen molar-refractivity contribution < 1.29 is 37.3 Å². The first-order valence-corrected chi connectivity index (χ1v) is 13.1. The number of amides is 1. The second-order valence-electron chi connectivity index (χ2n) is 10.1. The molecule has 1 aromatic heterocycles. The summed E-state index contributed by atoms with van der Waals surface area (Å²) in [5, 5.41) is 9.34. The van der Waals surface area contributed by atoms with Crippen molar-refractivity contribution in [3.8, 4) is 28.0 Å². The third-order valence-electron chi connectivity index (χ3n) is 7.47. The predicted octanol–water partition coefficient (Wildman–Crippen LogP) is 7.53. The number of carbonyl (C=O) groups excluding carboxylic acids is 1. The molecular weight excluding hydrogens is 549 g/mol. The van der Waals surface area contributed by atoms with Gasteiger partial charge in [0.15, 0.2) is 0 Å². The van der Waals surface area contributed by atoms with Gasteiger partial charge in [-0.3, -0.25) is 9.88 Å². The van der Waals surface area contributed by atoms with Crippen molar-refractivity contribution in [2.24, 2.45) is 0 Å². The van der Waals surface area contributed by atoms with Crippen LogP contribution in [0.1, 0.15) is 45.6 Å². The topological polar surface area (TPSA) is 89.0 Å². The predicted molar refractivity (Wildman–Crippen MR) is 149 cm³/mol. The molecule has 1 aliphatic heterocycles. The van der Waals surface area contributed by atoms with E-state index < -0.39 is 35.9 Å². The highest BCUT2D eigenvalue weighted by Gasteiger charge is 2.40. The van der Waals surface area contributed by atoms with E-state index in [1.54, 1.807) is 68.7 Å². The largest absolute Gasteiger partial charge is 0.496 e.